The summed E-state index contributed by atoms with van der Waals surface area (Å²) in [4.78, 5) is 25.7. The molecule has 1 aliphatic heterocycles. The van der Waals surface area contributed by atoms with Gasteiger partial charge in [-0.15, -0.1) is 0 Å². The summed E-state index contributed by atoms with van der Waals surface area (Å²) in [6.45, 7) is 6.29. The van der Waals surface area contributed by atoms with E-state index >= 15 is 0 Å². The quantitative estimate of drug-likeness (QED) is 0.548. The second kappa shape index (κ2) is 4.14. The van der Waals surface area contributed by atoms with Gasteiger partial charge in [-0.05, 0) is 56.9 Å². The molecule has 0 amide bonds. The van der Waals surface area contributed by atoms with E-state index in [1.165, 1.54) is 18.3 Å². The predicted octanol–water partition coefficient (Wildman–Crippen LogP) is 3.17. The van der Waals surface area contributed by atoms with Crippen LogP contribution in [0.4, 0.5) is 0 Å². The number of methoxy groups -OCH3 is 1. The van der Waals surface area contributed by atoms with Gasteiger partial charge in [-0.3, -0.25) is 9.59 Å². The molecule has 0 unspecified atom stereocenters. The molecule has 4 bridgehead atoms. The molecular weight excluding hydrogens is 304 g/mol. The Balaban J connectivity index is 1.78. The first-order valence-electron chi connectivity index (χ1n) is 9.09. The van der Waals surface area contributed by atoms with Crippen molar-refractivity contribution in [3.8, 4) is 0 Å². The summed E-state index contributed by atoms with van der Waals surface area (Å²) in [6.07, 6.45) is 7.68. The number of rotatable bonds is 1. The maximum Gasteiger partial charge on any atom is 0.313 e. The fourth-order valence-electron chi connectivity index (χ4n) is 7.09. The van der Waals surface area contributed by atoms with Gasteiger partial charge in [0.2, 0.25) is 0 Å². The third-order valence-electron chi connectivity index (χ3n) is 7.89. The number of carbonyl (C=O) groups excluding carboxylic acids is 2. The molecule has 4 aliphatic carbocycles. The lowest BCUT2D eigenvalue weighted by molar-refractivity contribution is -0.154. The van der Waals surface area contributed by atoms with Crippen molar-refractivity contribution >= 4 is 11.9 Å². The lowest BCUT2D eigenvalue weighted by Gasteiger charge is -2.39. The van der Waals surface area contributed by atoms with E-state index < -0.39 is 11.0 Å². The molecule has 0 aromatic carbocycles. The molecule has 1 saturated heterocycles. The van der Waals surface area contributed by atoms with Crippen molar-refractivity contribution in [2.24, 2.45) is 28.6 Å². The van der Waals surface area contributed by atoms with Crippen LogP contribution in [-0.4, -0.2) is 24.6 Å². The third kappa shape index (κ3) is 1.32. The number of allylic oxidation sites excluding steroid dienone is 2. The van der Waals surface area contributed by atoms with Crippen molar-refractivity contribution in [3.05, 3.63) is 23.8 Å². The summed E-state index contributed by atoms with van der Waals surface area (Å²) in [5, 5.41) is 0. The summed E-state index contributed by atoms with van der Waals surface area (Å²) >= 11 is 0. The standard InChI is InChI=1S/C20H24O4/c1-11-9-19-10-12(11)5-6-13(19)20-8-4-7-18(2,17(22)24-20)15(20)14(19)16(21)23-3/h6,12,14-15H,1,4-5,7-10H2,2-3H3/t12-,14+,15-,18+,19+,20+/m1/s1. The number of ether oxygens (including phenoxy) is 2. The Morgan fingerprint density at radius 3 is 2.96 bits per heavy atom. The van der Waals surface area contributed by atoms with Gasteiger partial charge in [0.1, 0.15) is 5.60 Å². The van der Waals surface area contributed by atoms with Crippen LogP contribution in [0.1, 0.15) is 45.4 Å². The zero-order valence-electron chi connectivity index (χ0n) is 14.4. The Morgan fingerprint density at radius 2 is 2.21 bits per heavy atom. The molecular formula is C20H24O4. The van der Waals surface area contributed by atoms with Gasteiger partial charge in [-0.2, -0.15) is 0 Å². The Labute approximate surface area is 142 Å². The Kier molecular flexibility index (Phi) is 2.55. The van der Waals surface area contributed by atoms with Crippen molar-refractivity contribution in [2.75, 3.05) is 7.11 Å². The van der Waals surface area contributed by atoms with Crippen molar-refractivity contribution in [1.29, 1.82) is 0 Å². The molecule has 4 fully saturated rings. The summed E-state index contributed by atoms with van der Waals surface area (Å²) in [7, 11) is 1.47. The average molecular weight is 328 g/mol. The van der Waals surface area contributed by atoms with Crippen molar-refractivity contribution in [2.45, 2.75) is 51.0 Å². The summed E-state index contributed by atoms with van der Waals surface area (Å²) in [6, 6.07) is 0. The van der Waals surface area contributed by atoms with E-state index in [0.29, 0.717) is 5.92 Å². The van der Waals surface area contributed by atoms with Crippen LogP contribution >= 0.6 is 0 Å². The summed E-state index contributed by atoms with van der Waals surface area (Å²) in [5.74, 6) is -0.204. The fourth-order valence-corrected chi connectivity index (χ4v) is 7.09. The largest absolute Gasteiger partial charge is 0.469 e. The van der Waals surface area contributed by atoms with E-state index in [2.05, 4.69) is 12.7 Å². The monoisotopic (exact) mass is 328 g/mol. The van der Waals surface area contributed by atoms with Gasteiger partial charge in [0.15, 0.2) is 0 Å². The smallest absolute Gasteiger partial charge is 0.313 e. The highest BCUT2D eigenvalue weighted by Crippen LogP contribution is 2.76. The van der Waals surface area contributed by atoms with Gasteiger partial charge in [0.25, 0.3) is 0 Å². The first-order valence-corrected chi connectivity index (χ1v) is 9.09. The van der Waals surface area contributed by atoms with E-state index in [1.54, 1.807) is 0 Å². The molecule has 0 N–H and O–H groups in total. The van der Waals surface area contributed by atoms with Gasteiger partial charge in [-0.25, -0.2) is 0 Å². The van der Waals surface area contributed by atoms with Crippen molar-refractivity contribution < 1.29 is 19.1 Å². The molecule has 0 radical (unpaired) electrons. The maximum atomic E-state index is 12.9. The summed E-state index contributed by atoms with van der Waals surface area (Å²) < 4.78 is 11.4. The van der Waals surface area contributed by atoms with E-state index in [1.807, 2.05) is 6.92 Å². The lowest BCUT2D eigenvalue weighted by Crippen LogP contribution is -2.46. The number of hydrogen-bond acceptors (Lipinski definition) is 4. The zero-order valence-corrected chi connectivity index (χ0v) is 14.4. The predicted molar refractivity (Wildman–Crippen MR) is 86.8 cm³/mol. The van der Waals surface area contributed by atoms with E-state index in [9.17, 15) is 9.59 Å². The molecule has 4 heteroatoms. The number of esters is 2. The first kappa shape index (κ1) is 14.7. The van der Waals surface area contributed by atoms with Gasteiger partial charge in [-0.1, -0.05) is 18.2 Å². The zero-order chi connectivity index (χ0) is 16.9. The molecule has 4 nitrogen and oxygen atoms in total. The van der Waals surface area contributed by atoms with Gasteiger partial charge in [0, 0.05) is 11.3 Å². The van der Waals surface area contributed by atoms with Gasteiger partial charge >= 0.3 is 11.9 Å². The molecule has 24 heavy (non-hydrogen) atoms. The van der Waals surface area contributed by atoms with Crippen LogP contribution in [-0.2, 0) is 19.1 Å². The van der Waals surface area contributed by atoms with Crippen LogP contribution < -0.4 is 0 Å². The number of carbonyl (C=O) groups is 2. The number of fused-ring (bicyclic) bond motifs is 1. The van der Waals surface area contributed by atoms with E-state index in [-0.39, 0.29) is 29.2 Å². The molecule has 128 valence electrons. The van der Waals surface area contributed by atoms with Gasteiger partial charge in [0.05, 0.1) is 18.4 Å². The highest BCUT2D eigenvalue weighted by atomic mass is 16.6. The second-order valence-corrected chi connectivity index (χ2v) is 8.77. The highest BCUT2D eigenvalue weighted by molar-refractivity contribution is 5.87. The third-order valence-corrected chi connectivity index (χ3v) is 7.89. The Bertz CT molecular complexity index is 721. The van der Waals surface area contributed by atoms with Crippen LogP contribution in [0.25, 0.3) is 0 Å². The maximum absolute atomic E-state index is 12.9. The Morgan fingerprint density at radius 1 is 1.42 bits per heavy atom. The van der Waals surface area contributed by atoms with Crippen LogP contribution in [0.15, 0.2) is 23.8 Å². The van der Waals surface area contributed by atoms with Crippen LogP contribution in [0.5, 0.6) is 0 Å². The molecule has 1 heterocycles. The van der Waals surface area contributed by atoms with Crippen LogP contribution in [0.2, 0.25) is 0 Å². The Hall–Kier alpha value is -1.58. The molecule has 6 atom stereocenters. The van der Waals surface area contributed by atoms with Crippen molar-refractivity contribution in [1.82, 2.24) is 0 Å². The molecule has 3 saturated carbocycles. The van der Waals surface area contributed by atoms with Crippen LogP contribution in [0, 0.1) is 28.6 Å². The van der Waals surface area contributed by atoms with Gasteiger partial charge < -0.3 is 9.47 Å². The molecule has 0 aromatic heterocycles. The van der Waals surface area contributed by atoms with Crippen LogP contribution in [0.3, 0.4) is 0 Å². The number of hydrogen-bond donors (Lipinski definition) is 0. The average Bonchev–Trinajstić information content (AvgIpc) is 2.99. The van der Waals surface area contributed by atoms with E-state index in [0.717, 1.165) is 38.5 Å². The summed E-state index contributed by atoms with van der Waals surface area (Å²) in [5.41, 5.74) is 1.10. The molecule has 5 rings (SSSR count). The minimum Gasteiger partial charge on any atom is -0.469 e. The minimum atomic E-state index is -0.571. The molecule has 5 aliphatic rings. The second-order valence-electron chi connectivity index (χ2n) is 8.77. The topological polar surface area (TPSA) is 52.6 Å². The first-order chi connectivity index (χ1) is 11.4. The lowest BCUT2D eigenvalue weighted by atomic mass is 9.60. The van der Waals surface area contributed by atoms with Crippen molar-refractivity contribution in [3.63, 3.8) is 0 Å². The van der Waals surface area contributed by atoms with E-state index in [4.69, 9.17) is 9.47 Å². The SMILES string of the molecule is C=C1C[C@]23C[C@H]1CC=C2[C@]12CCC[C@](C)(C(=O)O1)[C@H]2[C@H]3C(=O)OC. The molecule has 0 aromatic rings. The highest BCUT2D eigenvalue weighted by Gasteiger charge is 2.79. The minimum absolute atomic E-state index is 0.0883. The normalized spacial score (nSPS) is 50.9. The fraction of sp³-hybridized carbons (Fsp3) is 0.700. The molecule has 1 spiro atoms.